The fraction of sp³-hybridized carbons (Fsp3) is 0. The van der Waals surface area contributed by atoms with Gasteiger partial charge in [0.1, 0.15) is 17.3 Å². The number of halogens is 2. The minimum atomic E-state index is -0.611. The molecule has 0 bridgehead atoms. The number of fused-ring (bicyclic) bond motifs is 10. The van der Waals surface area contributed by atoms with E-state index in [1.807, 2.05) is 29.2 Å². The van der Waals surface area contributed by atoms with Crippen LogP contribution in [0.15, 0.2) is 204 Å². The Morgan fingerprint density at radius 2 is 0.869 bits per heavy atom. The molecule has 0 radical (unpaired) electrons. The molecule has 61 heavy (non-hydrogen) atoms. The quantitative estimate of drug-likeness (QED) is 0.164. The zero-order valence-electron chi connectivity index (χ0n) is 32.7. The maximum atomic E-state index is 16.7. The van der Waals surface area contributed by atoms with Gasteiger partial charge in [0.25, 0.3) is 6.71 Å². The molecule has 0 saturated carbocycles. The van der Waals surface area contributed by atoms with Crippen LogP contribution in [0.25, 0.3) is 33.4 Å². The highest BCUT2D eigenvalue weighted by atomic mass is 32.2. The molecule has 0 N–H and O–H groups in total. The van der Waals surface area contributed by atoms with Gasteiger partial charge >= 0.3 is 0 Å². The summed E-state index contributed by atoms with van der Waals surface area (Å²) >= 11 is 1.77. The first-order valence-electron chi connectivity index (χ1n) is 20.7. The minimum absolute atomic E-state index is 0.0779. The first-order valence-corrected chi connectivity index (χ1v) is 21.5. The summed E-state index contributed by atoms with van der Waals surface area (Å²) in [6.07, 6.45) is 0. The molecule has 4 aliphatic rings. The van der Waals surface area contributed by atoms with Gasteiger partial charge in [0.2, 0.25) is 6.71 Å². The van der Waals surface area contributed by atoms with E-state index < -0.39 is 11.6 Å². The lowest BCUT2D eigenvalue weighted by molar-refractivity contribution is 0.586. The Bertz CT molecular complexity index is 3260. The van der Waals surface area contributed by atoms with Crippen LogP contribution in [0.2, 0.25) is 0 Å². The van der Waals surface area contributed by atoms with E-state index in [1.54, 1.807) is 11.8 Å². The standard InChI is InChI=1S/C54H32B2F2N2S/c57-42-23-14-24-43(58)51(42)60-44-25-12-10-21-38(44)55-40-31-36(33-15-4-1-5-16-33)27-29-45(40)59-46-30-28-37(34-17-6-2-7-18-34)32-41(46)56-39-22-11-13-26-47(39)61-54-48(35-19-8-3-9-20-35)52(60)49(55)53(59)50(54)56/h1-32H. The lowest BCUT2D eigenvalue weighted by Crippen LogP contribution is -2.68. The van der Waals surface area contributed by atoms with Gasteiger partial charge in [0.05, 0.1) is 5.69 Å². The highest BCUT2D eigenvalue weighted by Gasteiger charge is 2.52. The van der Waals surface area contributed by atoms with Crippen molar-refractivity contribution >= 4 is 92.1 Å². The van der Waals surface area contributed by atoms with Gasteiger partial charge in [0, 0.05) is 38.1 Å². The maximum Gasteiger partial charge on any atom is 0.252 e. The molecule has 0 unspecified atom stereocenters. The first kappa shape index (κ1) is 34.7. The topological polar surface area (TPSA) is 6.48 Å². The van der Waals surface area contributed by atoms with Gasteiger partial charge in [-0.15, -0.1) is 0 Å². The average molecular weight is 801 g/mol. The van der Waals surface area contributed by atoms with E-state index in [0.717, 1.165) is 83.1 Å². The SMILES string of the molecule is Fc1cccc(F)c1N1c2ccccc2B2c3cc(-c4ccccc4)ccc3N3c4ccc(-c5ccccc5)cc4B4c5ccccc5Sc5c4c3c2c1c5-c1ccccc1. The summed E-state index contributed by atoms with van der Waals surface area (Å²) in [5.74, 6) is -1.22. The summed E-state index contributed by atoms with van der Waals surface area (Å²) in [6.45, 7) is -0.352. The van der Waals surface area contributed by atoms with E-state index in [9.17, 15) is 0 Å². The highest BCUT2D eigenvalue weighted by molar-refractivity contribution is 8.00. The Morgan fingerprint density at radius 3 is 1.49 bits per heavy atom. The van der Waals surface area contributed by atoms with Gasteiger partial charge in [-0.05, 0) is 91.5 Å². The predicted molar refractivity (Wildman–Crippen MR) is 252 cm³/mol. The fourth-order valence-electron chi connectivity index (χ4n) is 10.6. The van der Waals surface area contributed by atoms with E-state index in [4.69, 9.17) is 0 Å². The predicted octanol–water partition coefficient (Wildman–Crippen LogP) is 10.3. The number of benzene rings is 9. The van der Waals surface area contributed by atoms with Crippen molar-refractivity contribution in [3.05, 3.63) is 206 Å². The summed E-state index contributed by atoms with van der Waals surface area (Å²) in [7, 11) is 0. The molecule has 0 saturated heterocycles. The zero-order valence-corrected chi connectivity index (χ0v) is 33.5. The van der Waals surface area contributed by atoms with Crippen molar-refractivity contribution in [2.45, 2.75) is 9.79 Å². The van der Waals surface area contributed by atoms with Crippen LogP contribution in [0.1, 0.15) is 0 Å². The Balaban J connectivity index is 1.24. The monoisotopic (exact) mass is 800 g/mol. The van der Waals surface area contributed by atoms with Crippen LogP contribution in [-0.2, 0) is 0 Å². The molecule has 9 aromatic rings. The third-order valence-corrected chi connectivity index (χ3v) is 14.2. The summed E-state index contributed by atoms with van der Waals surface area (Å²) in [5, 5.41) is 0. The number of nitrogens with zero attached hydrogens (tertiary/aromatic N) is 2. The average Bonchev–Trinajstić information content (AvgIpc) is 3.32. The van der Waals surface area contributed by atoms with E-state index in [0.29, 0.717) is 0 Å². The van der Waals surface area contributed by atoms with Crippen molar-refractivity contribution in [3.8, 4) is 33.4 Å². The van der Waals surface area contributed by atoms with Crippen LogP contribution in [0, 0.1) is 11.6 Å². The van der Waals surface area contributed by atoms with Crippen LogP contribution in [0.5, 0.6) is 0 Å². The van der Waals surface area contributed by atoms with Crippen molar-refractivity contribution in [2.24, 2.45) is 0 Å². The summed E-state index contributed by atoms with van der Waals surface area (Å²) in [4.78, 5) is 6.66. The number of rotatable bonds is 4. The highest BCUT2D eigenvalue weighted by Crippen LogP contribution is 2.54. The normalized spacial score (nSPS) is 13.5. The van der Waals surface area contributed by atoms with Crippen molar-refractivity contribution in [1.29, 1.82) is 0 Å². The van der Waals surface area contributed by atoms with Gasteiger partial charge in [-0.2, -0.15) is 0 Å². The molecule has 284 valence electrons. The van der Waals surface area contributed by atoms with Gasteiger partial charge in [-0.1, -0.05) is 175 Å². The van der Waals surface area contributed by atoms with Crippen LogP contribution >= 0.6 is 11.8 Å². The Labute approximate surface area is 357 Å². The van der Waals surface area contributed by atoms with Crippen molar-refractivity contribution in [2.75, 3.05) is 9.80 Å². The van der Waals surface area contributed by atoms with Crippen molar-refractivity contribution in [1.82, 2.24) is 0 Å². The van der Waals surface area contributed by atoms with Gasteiger partial charge in [0.15, 0.2) is 0 Å². The molecule has 4 aliphatic heterocycles. The third kappa shape index (κ3) is 4.92. The van der Waals surface area contributed by atoms with Gasteiger partial charge in [-0.3, -0.25) is 0 Å². The molecular formula is C54H32B2F2N2S. The van der Waals surface area contributed by atoms with Gasteiger partial charge < -0.3 is 9.80 Å². The Kier molecular flexibility index (Phi) is 7.53. The number of para-hydroxylation sites is 2. The second-order valence-electron chi connectivity index (χ2n) is 16.2. The van der Waals surface area contributed by atoms with Gasteiger partial charge in [-0.25, -0.2) is 8.78 Å². The fourth-order valence-corrected chi connectivity index (χ4v) is 11.9. The van der Waals surface area contributed by atoms with Crippen molar-refractivity contribution in [3.63, 3.8) is 0 Å². The van der Waals surface area contributed by atoms with E-state index in [-0.39, 0.29) is 19.1 Å². The second-order valence-corrected chi connectivity index (χ2v) is 17.2. The largest absolute Gasteiger partial charge is 0.312 e. The summed E-state index contributed by atoms with van der Waals surface area (Å²) in [5.41, 5.74) is 18.3. The molecule has 4 heterocycles. The number of anilines is 6. The molecule has 13 rings (SSSR count). The number of hydrogen-bond acceptors (Lipinski definition) is 3. The molecule has 0 fully saturated rings. The van der Waals surface area contributed by atoms with Crippen LogP contribution in [-0.4, -0.2) is 13.4 Å². The smallest absolute Gasteiger partial charge is 0.252 e. The van der Waals surface area contributed by atoms with Crippen LogP contribution in [0.3, 0.4) is 0 Å². The Hall–Kier alpha value is -7.08. The van der Waals surface area contributed by atoms with Crippen molar-refractivity contribution < 1.29 is 8.78 Å². The molecule has 0 atom stereocenters. The summed E-state index contributed by atoms with van der Waals surface area (Å²) in [6, 6.07) is 66.6. The lowest BCUT2D eigenvalue weighted by Gasteiger charge is -2.50. The zero-order chi connectivity index (χ0) is 40.3. The minimum Gasteiger partial charge on any atom is -0.312 e. The molecule has 9 aromatic carbocycles. The lowest BCUT2D eigenvalue weighted by atomic mass is 9.29. The van der Waals surface area contributed by atoms with Crippen LogP contribution in [0.4, 0.5) is 42.9 Å². The molecular weight excluding hydrogens is 768 g/mol. The second kappa shape index (κ2) is 13.2. The third-order valence-electron chi connectivity index (χ3n) is 13.0. The molecule has 2 nitrogen and oxygen atoms in total. The molecule has 0 spiro atoms. The van der Waals surface area contributed by atoms with Crippen LogP contribution < -0.4 is 42.6 Å². The molecule has 0 aromatic heterocycles. The Morgan fingerprint density at radius 1 is 0.361 bits per heavy atom. The molecule has 0 aliphatic carbocycles. The van der Waals surface area contributed by atoms with E-state index in [2.05, 4.69) is 157 Å². The summed E-state index contributed by atoms with van der Waals surface area (Å²) < 4.78 is 33.4. The first-order chi connectivity index (χ1) is 30.1. The molecule has 7 heteroatoms. The van der Waals surface area contributed by atoms with E-state index in [1.165, 1.54) is 39.5 Å². The number of hydrogen-bond donors (Lipinski definition) is 0. The maximum absolute atomic E-state index is 16.7. The molecule has 0 amide bonds. The van der Waals surface area contributed by atoms with E-state index >= 15 is 8.78 Å².